The van der Waals surface area contributed by atoms with Crippen molar-refractivity contribution in [3.05, 3.63) is 73.7 Å². The minimum absolute atomic E-state index is 0.181. The maximum absolute atomic E-state index is 4.83. The van der Waals surface area contributed by atoms with E-state index >= 15 is 0 Å². The SMILES string of the molecule is [CH]1[CH][CH][C](c2cccc3cccnc23)[CH]1.[Cl][Cr+][Cl]. The Morgan fingerprint density at radius 2 is 1.61 bits per heavy atom. The second-order valence-corrected chi connectivity index (χ2v) is 5.72. The van der Waals surface area contributed by atoms with E-state index in [1.54, 1.807) is 0 Å². The van der Waals surface area contributed by atoms with Crippen LogP contribution in [0.3, 0.4) is 0 Å². The summed E-state index contributed by atoms with van der Waals surface area (Å²) in [7, 11) is 9.65. The van der Waals surface area contributed by atoms with Crippen molar-refractivity contribution in [3.63, 3.8) is 0 Å². The van der Waals surface area contributed by atoms with Crippen LogP contribution in [-0.4, -0.2) is 4.98 Å². The van der Waals surface area contributed by atoms with Crippen LogP contribution in [0.15, 0.2) is 36.5 Å². The van der Waals surface area contributed by atoms with E-state index < -0.39 is 0 Å². The van der Waals surface area contributed by atoms with Gasteiger partial charge in [-0.05, 0) is 37.3 Å². The van der Waals surface area contributed by atoms with E-state index in [0.29, 0.717) is 0 Å². The number of nitrogens with zero attached hydrogens (tertiary/aromatic N) is 1. The van der Waals surface area contributed by atoms with Gasteiger partial charge in [0, 0.05) is 17.5 Å². The summed E-state index contributed by atoms with van der Waals surface area (Å²) in [6.07, 6.45) is 10.2. The van der Waals surface area contributed by atoms with Crippen LogP contribution in [-0.2, 0) is 13.4 Å². The van der Waals surface area contributed by atoms with Gasteiger partial charge < -0.3 is 0 Å². The van der Waals surface area contributed by atoms with E-state index in [1.165, 1.54) is 16.9 Å². The van der Waals surface area contributed by atoms with Gasteiger partial charge in [-0.25, -0.2) is 0 Å². The molecule has 5 radical (unpaired) electrons. The Morgan fingerprint density at radius 1 is 0.944 bits per heavy atom. The summed E-state index contributed by atoms with van der Waals surface area (Å²) in [5.41, 5.74) is 2.28. The quantitative estimate of drug-likeness (QED) is 0.762. The predicted molar refractivity (Wildman–Crippen MR) is 73.0 cm³/mol. The Kier molecular flexibility index (Phi) is 5.79. The van der Waals surface area contributed by atoms with Gasteiger partial charge in [0.2, 0.25) is 0 Å². The summed E-state index contributed by atoms with van der Waals surface area (Å²) in [4.78, 5) is 4.44. The molecule has 1 aromatic heterocycles. The predicted octanol–water partition coefficient (Wildman–Crippen LogP) is 4.36. The molecule has 1 aliphatic rings. The molecular formula is C14H10Cl2CrN+. The molecule has 0 saturated heterocycles. The van der Waals surface area contributed by atoms with E-state index in [2.05, 4.69) is 54.9 Å². The minimum atomic E-state index is -0.181. The standard InChI is InChI=1S/C14H10N.2ClH.Cr/c1-2-6-11(5-1)13-9-3-7-12-8-4-10-15-14(12)13;;;/h1-10H;2*1H;/q;;;+3/p-2. The summed E-state index contributed by atoms with van der Waals surface area (Å²) in [6.45, 7) is 0. The fourth-order valence-electron chi connectivity index (χ4n) is 1.89. The third kappa shape index (κ3) is 3.40. The number of fused-ring (bicyclic) bond motifs is 1. The van der Waals surface area contributed by atoms with Crippen LogP contribution < -0.4 is 0 Å². The molecule has 3 rings (SSSR count). The number of pyridine rings is 1. The van der Waals surface area contributed by atoms with Gasteiger partial charge in [0.1, 0.15) is 0 Å². The fourth-order valence-corrected chi connectivity index (χ4v) is 1.89. The molecule has 0 spiro atoms. The monoisotopic (exact) mass is 314 g/mol. The van der Waals surface area contributed by atoms with Gasteiger partial charge in [-0.3, -0.25) is 4.98 Å². The van der Waals surface area contributed by atoms with Crippen molar-refractivity contribution in [2.24, 2.45) is 0 Å². The van der Waals surface area contributed by atoms with E-state index in [1.807, 2.05) is 12.3 Å². The van der Waals surface area contributed by atoms with Crippen LogP contribution in [0.4, 0.5) is 0 Å². The van der Waals surface area contributed by atoms with Crippen LogP contribution >= 0.6 is 20.1 Å². The average molecular weight is 315 g/mol. The number of hydrogen-bond acceptors (Lipinski definition) is 1. The van der Waals surface area contributed by atoms with Gasteiger partial charge in [0.05, 0.1) is 5.52 Å². The van der Waals surface area contributed by atoms with Crippen molar-refractivity contribution in [1.82, 2.24) is 4.98 Å². The second-order valence-electron chi connectivity index (χ2n) is 3.61. The molecule has 1 saturated carbocycles. The summed E-state index contributed by atoms with van der Waals surface area (Å²) in [5, 5.41) is 1.19. The molecule has 0 atom stereocenters. The molecule has 90 valence electrons. The molecule has 4 heteroatoms. The zero-order valence-corrected chi connectivity index (χ0v) is 12.2. The van der Waals surface area contributed by atoms with Crippen LogP contribution in [0.5, 0.6) is 0 Å². The molecule has 0 N–H and O–H groups in total. The first kappa shape index (κ1) is 14.2. The van der Waals surface area contributed by atoms with E-state index in [0.717, 1.165) is 5.52 Å². The molecule has 1 heterocycles. The van der Waals surface area contributed by atoms with E-state index in [-0.39, 0.29) is 13.4 Å². The Morgan fingerprint density at radius 3 is 2.33 bits per heavy atom. The summed E-state index contributed by atoms with van der Waals surface area (Å²) in [5.74, 6) is 1.24. The average Bonchev–Trinajstić information content (AvgIpc) is 2.93. The van der Waals surface area contributed by atoms with Gasteiger partial charge in [-0.15, -0.1) is 0 Å². The number of hydrogen-bond donors (Lipinski definition) is 0. The summed E-state index contributed by atoms with van der Waals surface area (Å²) < 4.78 is 0. The first-order valence-corrected chi connectivity index (χ1v) is 8.83. The fraction of sp³-hybridized carbons (Fsp3) is 0. The number of rotatable bonds is 1. The van der Waals surface area contributed by atoms with Gasteiger partial charge in [-0.2, -0.15) is 0 Å². The second kappa shape index (κ2) is 7.36. The molecule has 0 amide bonds. The molecule has 1 aromatic carbocycles. The molecule has 1 aliphatic carbocycles. The van der Waals surface area contributed by atoms with Crippen molar-refractivity contribution in [2.75, 3.05) is 0 Å². The molecule has 18 heavy (non-hydrogen) atoms. The molecule has 1 nitrogen and oxygen atoms in total. The zero-order valence-electron chi connectivity index (χ0n) is 9.38. The molecule has 0 aliphatic heterocycles. The Bertz CT molecular complexity index is 493. The van der Waals surface area contributed by atoms with Crippen molar-refractivity contribution >= 4 is 31.0 Å². The van der Waals surface area contributed by atoms with Gasteiger partial charge in [0.15, 0.2) is 0 Å². The summed E-state index contributed by atoms with van der Waals surface area (Å²) >= 11 is -0.181. The van der Waals surface area contributed by atoms with Gasteiger partial charge in [-0.1, -0.05) is 24.3 Å². The normalized spacial score (nSPS) is 15.2. The van der Waals surface area contributed by atoms with Gasteiger partial charge >= 0.3 is 33.5 Å². The summed E-state index contributed by atoms with van der Waals surface area (Å²) in [6, 6.07) is 10.3. The van der Waals surface area contributed by atoms with Crippen molar-refractivity contribution < 1.29 is 13.4 Å². The number of para-hydroxylation sites is 1. The molecule has 1 fully saturated rings. The van der Waals surface area contributed by atoms with E-state index in [4.69, 9.17) is 20.1 Å². The third-order valence-electron chi connectivity index (χ3n) is 2.61. The number of halogens is 2. The van der Waals surface area contributed by atoms with Crippen LogP contribution in [0.2, 0.25) is 0 Å². The Labute approximate surface area is 123 Å². The van der Waals surface area contributed by atoms with Crippen LogP contribution in [0.1, 0.15) is 5.56 Å². The first-order chi connectivity index (χ1) is 8.86. The first-order valence-electron chi connectivity index (χ1n) is 5.32. The maximum atomic E-state index is 4.83. The van der Waals surface area contributed by atoms with Crippen LogP contribution in [0.25, 0.3) is 10.9 Å². The number of aromatic nitrogens is 1. The van der Waals surface area contributed by atoms with Crippen molar-refractivity contribution in [1.29, 1.82) is 0 Å². The third-order valence-corrected chi connectivity index (χ3v) is 2.61. The zero-order chi connectivity index (χ0) is 12.8. The number of benzene rings is 1. The Hall–Kier alpha value is -0.258. The molecule has 0 bridgehead atoms. The van der Waals surface area contributed by atoms with Crippen molar-refractivity contribution in [2.45, 2.75) is 0 Å². The van der Waals surface area contributed by atoms with E-state index in [9.17, 15) is 0 Å². The topological polar surface area (TPSA) is 12.9 Å². The van der Waals surface area contributed by atoms with Crippen LogP contribution in [0, 0.1) is 31.6 Å². The molecular weight excluding hydrogens is 305 g/mol. The molecule has 0 unspecified atom stereocenters. The van der Waals surface area contributed by atoms with Gasteiger partial charge in [0.25, 0.3) is 0 Å². The Balaban J connectivity index is 0.000000367. The molecule has 2 aromatic rings. The van der Waals surface area contributed by atoms with Crippen molar-refractivity contribution in [3.8, 4) is 0 Å².